The van der Waals surface area contributed by atoms with Crippen LogP contribution >= 0.6 is 22.7 Å². The minimum absolute atomic E-state index is 0.0257. The highest BCUT2D eigenvalue weighted by molar-refractivity contribution is 7.92. The van der Waals surface area contributed by atoms with Crippen LogP contribution in [0.4, 0.5) is 0 Å². The van der Waals surface area contributed by atoms with Gasteiger partial charge in [-0.05, 0) is 42.5 Å². The Hall–Kier alpha value is -1.31. The summed E-state index contributed by atoms with van der Waals surface area (Å²) in [5, 5.41) is 11.0. The van der Waals surface area contributed by atoms with Gasteiger partial charge in [-0.2, -0.15) is 0 Å². The predicted octanol–water partition coefficient (Wildman–Crippen LogP) is 1.96. The van der Waals surface area contributed by atoms with Gasteiger partial charge in [0.1, 0.15) is 4.75 Å². The first-order valence-electron chi connectivity index (χ1n) is 8.75. The van der Waals surface area contributed by atoms with Crippen LogP contribution in [-0.4, -0.2) is 57.4 Å². The molecule has 3 rings (SSSR count). The molecule has 2 aromatic rings. The monoisotopic (exact) mass is 478 g/mol. The lowest BCUT2D eigenvalue weighted by atomic mass is 9.97. The Morgan fingerprint density at radius 2 is 2.03 bits per heavy atom. The summed E-state index contributed by atoms with van der Waals surface area (Å²) < 4.78 is 50.1. The fourth-order valence-corrected chi connectivity index (χ4v) is 9.02. The average molecular weight is 479 g/mol. The predicted molar refractivity (Wildman–Crippen MR) is 113 cm³/mol. The number of carbonyl (C=O) groups is 1. The van der Waals surface area contributed by atoms with Crippen molar-refractivity contribution in [3.8, 4) is 9.75 Å². The quantitative estimate of drug-likeness (QED) is 0.501. The first-order valence-corrected chi connectivity index (χ1v) is 13.9. The molecule has 2 aromatic heterocycles. The van der Waals surface area contributed by atoms with Gasteiger partial charge in [0.2, 0.25) is 15.9 Å². The van der Waals surface area contributed by atoms with Gasteiger partial charge in [0, 0.05) is 27.7 Å². The lowest BCUT2D eigenvalue weighted by Gasteiger charge is -2.30. The van der Waals surface area contributed by atoms with Crippen LogP contribution in [0, 0.1) is 6.92 Å². The lowest BCUT2D eigenvalue weighted by molar-refractivity contribution is -0.129. The molecule has 1 amide bonds. The Kier molecular flexibility index (Phi) is 6.23. The van der Waals surface area contributed by atoms with Gasteiger partial charge < -0.3 is 0 Å². The minimum atomic E-state index is -3.90. The summed E-state index contributed by atoms with van der Waals surface area (Å²) in [6, 6.07) is 5.51. The van der Waals surface area contributed by atoms with E-state index in [4.69, 9.17) is 5.21 Å². The smallest absolute Gasteiger partial charge is 0.245 e. The summed E-state index contributed by atoms with van der Waals surface area (Å²) in [5.74, 6) is -1.23. The molecule has 0 saturated carbocycles. The van der Waals surface area contributed by atoms with Crippen molar-refractivity contribution >= 4 is 48.4 Å². The molecule has 8 nitrogen and oxygen atoms in total. The van der Waals surface area contributed by atoms with Crippen molar-refractivity contribution in [2.45, 2.75) is 24.5 Å². The highest BCUT2D eigenvalue weighted by Gasteiger charge is 2.50. The fraction of sp³-hybridized carbons (Fsp3) is 0.471. The number of sulfonamides is 1. The lowest BCUT2D eigenvalue weighted by Crippen LogP contribution is -2.41. The molecule has 1 aliphatic rings. The van der Waals surface area contributed by atoms with Crippen molar-refractivity contribution < 1.29 is 26.8 Å². The molecule has 0 aliphatic carbocycles. The van der Waals surface area contributed by atoms with Gasteiger partial charge in [0.25, 0.3) is 0 Å². The number of hydroxylamine groups is 1. The van der Waals surface area contributed by atoms with Crippen molar-refractivity contribution in [1.29, 1.82) is 0 Å². The van der Waals surface area contributed by atoms with Crippen LogP contribution in [0.3, 0.4) is 0 Å². The molecular formula is C17H22N2O6S4. The van der Waals surface area contributed by atoms with Gasteiger partial charge >= 0.3 is 0 Å². The zero-order chi connectivity index (χ0) is 21.4. The van der Waals surface area contributed by atoms with E-state index >= 15 is 0 Å². The van der Waals surface area contributed by atoms with E-state index in [1.807, 2.05) is 24.4 Å². The first-order chi connectivity index (χ1) is 13.5. The number of carbonyl (C=O) groups excluding carboxylic acids is 1. The van der Waals surface area contributed by atoms with Crippen molar-refractivity contribution in [1.82, 2.24) is 9.79 Å². The van der Waals surface area contributed by atoms with Gasteiger partial charge in [-0.3, -0.25) is 10.0 Å². The standard InChI is InChI=1S/C17H22N2O6S4/c1-12-9-14(26-11-12)13-3-4-15(27-13)17(10-16(20)18-21)5-6-19(28(2,22)23)7-8-29(17,24)25/h3-4,9,11,21H,5-8,10H2,1-2H3,(H,18,20). The maximum Gasteiger partial charge on any atom is 0.245 e. The topological polar surface area (TPSA) is 121 Å². The molecule has 3 heterocycles. The largest absolute Gasteiger partial charge is 0.289 e. The van der Waals surface area contributed by atoms with E-state index in [0.29, 0.717) is 4.88 Å². The van der Waals surface area contributed by atoms with Crippen molar-refractivity contribution in [3.05, 3.63) is 34.0 Å². The molecule has 1 unspecified atom stereocenters. The zero-order valence-corrected chi connectivity index (χ0v) is 19.2. The third kappa shape index (κ3) is 4.42. The third-order valence-corrected chi connectivity index (χ3v) is 11.5. The molecule has 1 saturated heterocycles. The maximum absolute atomic E-state index is 13.3. The maximum atomic E-state index is 13.3. The Morgan fingerprint density at radius 1 is 1.31 bits per heavy atom. The fourth-order valence-electron chi connectivity index (χ4n) is 3.46. The molecule has 1 fully saturated rings. The summed E-state index contributed by atoms with van der Waals surface area (Å²) >= 11 is 2.82. The molecule has 0 aromatic carbocycles. The molecule has 160 valence electrons. The van der Waals surface area contributed by atoms with Crippen LogP contribution in [0.5, 0.6) is 0 Å². The summed E-state index contributed by atoms with van der Waals surface area (Å²) in [6.45, 7) is 1.78. The number of hydrogen-bond acceptors (Lipinski definition) is 8. The van der Waals surface area contributed by atoms with Crippen LogP contribution < -0.4 is 5.48 Å². The Morgan fingerprint density at radius 3 is 2.62 bits per heavy atom. The van der Waals surface area contributed by atoms with Crippen LogP contribution in [0.2, 0.25) is 0 Å². The normalized spacial score (nSPS) is 22.9. The molecule has 0 radical (unpaired) electrons. The van der Waals surface area contributed by atoms with E-state index in [0.717, 1.165) is 25.9 Å². The van der Waals surface area contributed by atoms with E-state index in [9.17, 15) is 21.6 Å². The molecular weight excluding hydrogens is 456 g/mol. The SMILES string of the molecule is Cc1csc(-c2ccc(C3(CC(=O)NO)CCN(S(C)(=O)=O)CCS3(=O)=O)s2)c1. The van der Waals surface area contributed by atoms with Crippen LogP contribution in [0.15, 0.2) is 23.6 Å². The molecule has 2 N–H and O–H groups in total. The van der Waals surface area contributed by atoms with Crippen LogP contribution in [-0.2, 0) is 29.4 Å². The molecule has 1 aliphatic heterocycles. The number of nitrogens with one attached hydrogen (secondary N) is 1. The Bertz CT molecular complexity index is 1120. The number of rotatable bonds is 5. The van der Waals surface area contributed by atoms with Gasteiger partial charge in [-0.15, -0.1) is 22.7 Å². The van der Waals surface area contributed by atoms with Gasteiger partial charge in [-0.25, -0.2) is 26.6 Å². The van der Waals surface area contributed by atoms with Crippen molar-refractivity contribution in [2.75, 3.05) is 25.1 Å². The van der Waals surface area contributed by atoms with Gasteiger partial charge in [0.15, 0.2) is 9.84 Å². The van der Waals surface area contributed by atoms with Crippen molar-refractivity contribution in [2.24, 2.45) is 0 Å². The zero-order valence-electron chi connectivity index (χ0n) is 15.9. The highest BCUT2D eigenvalue weighted by atomic mass is 32.2. The second kappa shape index (κ2) is 8.08. The van der Waals surface area contributed by atoms with Gasteiger partial charge in [-0.1, -0.05) is 0 Å². The minimum Gasteiger partial charge on any atom is -0.289 e. The molecule has 1 atom stereocenters. The average Bonchev–Trinajstić information content (AvgIpc) is 3.25. The molecule has 0 spiro atoms. The molecule has 29 heavy (non-hydrogen) atoms. The number of aryl methyl sites for hydroxylation is 1. The second-order valence-corrected chi connectivity index (χ2v) is 13.5. The number of amides is 1. The highest BCUT2D eigenvalue weighted by Crippen LogP contribution is 2.46. The van der Waals surface area contributed by atoms with Crippen LogP contribution in [0.25, 0.3) is 9.75 Å². The number of thiophene rings is 2. The van der Waals surface area contributed by atoms with E-state index in [1.165, 1.54) is 16.8 Å². The summed E-state index contributed by atoms with van der Waals surface area (Å²) in [6.07, 6.45) is 0.488. The number of hydrogen-bond donors (Lipinski definition) is 2. The third-order valence-electron chi connectivity index (χ3n) is 5.04. The Labute approximate surface area is 178 Å². The Balaban J connectivity index is 2.10. The molecule has 12 heteroatoms. The van der Waals surface area contributed by atoms with E-state index in [-0.39, 0.29) is 19.5 Å². The van der Waals surface area contributed by atoms with Crippen molar-refractivity contribution in [3.63, 3.8) is 0 Å². The number of nitrogens with zero attached hydrogens (tertiary/aromatic N) is 1. The van der Waals surface area contributed by atoms with E-state index in [2.05, 4.69) is 0 Å². The van der Waals surface area contributed by atoms with Gasteiger partial charge in [0.05, 0.1) is 18.4 Å². The molecule has 0 bridgehead atoms. The second-order valence-electron chi connectivity index (χ2n) is 7.09. The summed E-state index contributed by atoms with van der Waals surface area (Å²) in [7, 11) is -7.48. The summed E-state index contributed by atoms with van der Waals surface area (Å²) in [4.78, 5) is 14.4. The first kappa shape index (κ1) is 22.4. The van der Waals surface area contributed by atoms with E-state index in [1.54, 1.807) is 17.4 Å². The van der Waals surface area contributed by atoms with Crippen LogP contribution in [0.1, 0.15) is 23.3 Å². The van der Waals surface area contributed by atoms with E-state index < -0.39 is 42.7 Å². The summed E-state index contributed by atoms with van der Waals surface area (Å²) in [5.41, 5.74) is 2.62. The number of sulfone groups is 1.